The van der Waals surface area contributed by atoms with E-state index in [1.54, 1.807) is 35.4 Å². The number of halogens is 1. The number of hydrogen-bond acceptors (Lipinski definition) is 4. The number of likely N-dealkylation sites (tertiary alicyclic amines) is 1. The molecule has 1 aromatic carbocycles. The number of nitrogens with zero attached hydrogens (tertiary/aromatic N) is 2. The maximum absolute atomic E-state index is 13.2. The summed E-state index contributed by atoms with van der Waals surface area (Å²) in [6.07, 6.45) is 3.23. The lowest BCUT2D eigenvalue weighted by Crippen LogP contribution is -2.44. The Morgan fingerprint density at radius 1 is 1.33 bits per heavy atom. The van der Waals surface area contributed by atoms with E-state index < -0.39 is 0 Å². The third kappa shape index (κ3) is 5.26. The number of benzene rings is 1. The number of amides is 2. The first kappa shape index (κ1) is 18.8. The van der Waals surface area contributed by atoms with E-state index in [0.717, 1.165) is 24.9 Å². The molecule has 1 N–H and O–H groups in total. The average Bonchev–Trinajstić information content (AvgIpc) is 2.67. The van der Waals surface area contributed by atoms with Crippen LogP contribution in [0.25, 0.3) is 0 Å². The fourth-order valence-corrected chi connectivity index (χ4v) is 3.04. The first-order chi connectivity index (χ1) is 13.0. The summed E-state index contributed by atoms with van der Waals surface area (Å²) < 4.78 is 18.7. The molecule has 6 nitrogen and oxygen atoms in total. The molecule has 1 aliphatic heterocycles. The molecule has 2 heterocycles. The van der Waals surface area contributed by atoms with E-state index in [1.807, 2.05) is 0 Å². The Morgan fingerprint density at radius 2 is 2.19 bits per heavy atom. The van der Waals surface area contributed by atoms with Gasteiger partial charge in [-0.3, -0.25) is 9.59 Å². The molecule has 1 aromatic heterocycles. The number of piperidine rings is 1. The summed E-state index contributed by atoms with van der Waals surface area (Å²) in [5.41, 5.74) is 0.828. The maximum Gasteiger partial charge on any atom is 0.225 e. The fraction of sp³-hybridized carbons (Fsp3) is 0.350. The average molecular weight is 371 g/mol. The van der Waals surface area contributed by atoms with Gasteiger partial charge in [-0.2, -0.15) is 0 Å². The largest absolute Gasteiger partial charge is 0.439 e. The van der Waals surface area contributed by atoms with Gasteiger partial charge in [-0.25, -0.2) is 9.37 Å². The Balaban J connectivity index is 1.51. The van der Waals surface area contributed by atoms with Gasteiger partial charge in [-0.15, -0.1) is 0 Å². The molecule has 0 spiro atoms. The third-order valence-corrected chi connectivity index (χ3v) is 4.52. The van der Waals surface area contributed by atoms with Gasteiger partial charge in [0.2, 0.25) is 17.7 Å². The predicted molar refractivity (Wildman–Crippen MR) is 97.5 cm³/mol. The second-order valence-electron chi connectivity index (χ2n) is 6.59. The molecular weight excluding hydrogens is 349 g/mol. The van der Waals surface area contributed by atoms with Gasteiger partial charge in [0.1, 0.15) is 11.6 Å². The van der Waals surface area contributed by atoms with E-state index >= 15 is 0 Å². The second kappa shape index (κ2) is 8.62. The highest BCUT2D eigenvalue weighted by Gasteiger charge is 2.26. The van der Waals surface area contributed by atoms with E-state index in [1.165, 1.54) is 19.1 Å². The van der Waals surface area contributed by atoms with Crippen LogP contribution >= 0.6 is 0 Å². The second-order valence-corrected chi connectivity index (χ2v) is 6.59. The highest BCUT2D eigenvalue weighted by molar-refractivity contribution is 5.80. The zero-order valence-corrected chi connectivity index (χ0v) is 15.2. The van der Waals surface area contributed by atoms with E-state index in [0.29, 0.717) is 24.7 Å². The summed E-state index contributed by atoms with van der Waals surface area (Å²) in [5, 5.41) is 2.90. The molecule has 0 aliphatic carbocycles. The van der Waals surface area contributed by atoms with Crippen molar-refractivity contribution in [1.82, 2.24) is 15.2 Å². The SMILES string of the molecule is CC(=O)N1CCC[C@H](C(=O)NCc2ccc(Oc3cccc(F)c3)nc2)C1. The van der Waals surface area contributed by atoms with Gasteiger partial charge in [0.25, 0.3) is 0 Å². The van der Waals surface area contributed by atoms with Crippen LogP contribution < -0.4 is 10.1 Å². The molecule has 1 fully saturated rings. The molecular formula is C20H22FN3O3. The smallest absolute Gasteiger partial charge is 0.225 e. The van der Waals surface area contributed by atoms with Crippen molar-refractivity contribution in [1.29, 1.82) is 0 Å². The van der Waals surface area contributed by atoms with Crippen LogP contribution in [0.15, 0.2) is 42.6 Å². The van der Waals surface area contributed by atoms with Crippen LogP contribution in [0.2, 0.25) is 0 Å². The van der Waals surface area contributed by atoms with Crippen LogP contribution in [0, 0.1) is 11.7 Å². The maximum atomic E-state index is 13.2. The van der Waals surface area contributed by atoms with Crippen molar-refractivity contribution in [3.8, 4) is 11.6 Å². The standard InChI is InChI=1S/C20H22FN3O3/c1-14(25)24-9-3-4-16(13-24)20(26)23-12-15-7-8-19(22-11-15)27-18-6-2-5-17(21)10-18/h2,5-8,10-11,16H,3-4,9,12-13H2,1H3,(H,23,26)/t16-/m0/s1. The van der Waals surface area contributed by atoms with Gasteiger partial charge in [0.05, 0.1) is 5.92 Å². The van der Waals surface area contributed by atoms with Crippen LogP contribution in [0.3, 0.4) is 0 Å². The minimum Gasteiger partial charge on any atom is -0.439 e. The van der Waals surface area contributed by atoms with E-state index in [2.05, 4.69) is 10.3 Å². The number of pyridine rings is 1. The van der Waals surface area contributed by atoms with Crippen molar-refractivity contribution in [3.05, 3.63) is 54.0 Å². The highest BCUT2D eigenvalue weighted by Crippen LogP contribution is 2.20. The molecule has 1 atom stereocenters. The highest BCUT2D eigenvalue weighted by atomic mass is 19.1. The molecule has 2 amide bonds. The molecule has 0 saturated carbocycles. The normalized spacial score (nSPS) is 16.7. The molecule has 7 heteroatoms. The number of ether oxygens (including phenoxy) is 1. The zero-order valence-electron chi connectivity index (χ0n) is 15.2. The van der Waals surface area contributed by atoms with E-state index in [-0.39, 0.29) is 23.5 Å². The monoisotopic (exact) mass is 371 g/mol. The quantitative estimate of drug-likeness (QED) is 0.877. The zero-order chi connectivity index (χ0) is 19.2. The summed E-state index contributed by atoms with van der Waals surface area (Å²) in [6, 6.07) is 9.30. The first-order valence-corrected chi connectivity index (χ1v) is 8.93. The summed E-state index contributed by atoms with van der Waals surface area (Å²) in [4.78, 5) is 29.7. The lowest BCUT2D eigenvalue weighted by molar-refractivity contribution is -0.134. The number of carbonyl (C=O) groups excluding carboxylic acids is 2. The molecule has 0 radical (unpaired) electrons. The fourth-order valence-electron chi connectivity index (χ4n) is 3.04. The molecule has 0 unspecified atom stereocenters. The van der Waals surface area contributed by atoms with Crippen molar-refractivity contribution >= 4 is 11.8 Å². The number of hydrogen-bond donors (Lipinski definition) is 1. The lowest BCUT2D eigenvalue weighted by atomic mass is 9.97. The Labute approximate surface area is 157 Å². The summed E-state index contributed by atoms with van der Waals surface area (Å²) in [7, 11) is 0. The van der Waals surface area contributed by atoms with Gasteiger partial charge in [0.15, 0.2) is 0 Å². The van der Waals surface area contributed by atoms with Crippen LogP contribution in [-0.2, 0) is 16.1 Å². The number of aromatic nitrogens is 1. The molecule has 3 rings (SSSR count). The molecule has 27 heavy (non-hydrogen) atoms. The molecule has 0 bridgehead atoms. The van der Waals surface area contributed by atoms with Gasteiger partial charge in [-0.05, 0) is 30.5 Å². The predicted octanol–water partition coefficient (Wildman–Crippen LogP) is 2.89. The molecule has 2 aromatic rings. The Kier molecular flexibility index (Phi) is 6.01. The van der Waals surface area contributed by atoms with Crippen molar-refractivity contribution in [2.24, 2.45) is 5.92 Å². The van der Waals surface area contributed by atoms with Crippen molar-refractivity contribution < 1.29 is 18.7 Å². The number of rotatable bonds is 5. The Morgan fingerprint density at radius 3 is 2.89 bits per heavy atom. The Bertz CT molecular complexity index is 810. The third-order valence-electron chi connectivity index (χ3n) is 4.52. The van der Waals surface area contributed by atoms with Crippen LogP contribution in [0.4, 0.5) is 4.39 Å². The van der Waals surface area contributed by atoms with Crippen molar-refractivity contribution in [3.63, 3.8) is 0 Å². The first-order valence-electron chi connectivity index (χ1n) is 8.93. The summed E-state index contributed by atoms with van der Waals surface area (Å²) in [6.45, 7) is 3.07. The molecule has 142 valence electrons. The van der Waals surface area contributed by atoms with E-state index in [9.17, 15) is 14.0 Å². The van der Waals surface area contributed by atoms with Gasteiger partial charge < -0.3 is 15.0 Å². The van der Waals surface area contributed by atoms with Gasteiger partial charge in [-0.1, -0.05) is 12.1 Å². The minimum atomic E-state index is -0.377. The van der Waals surface area contributed by atoms with Crippen molar-refractivity contribution in [2.75, 3.05) is 13.1 Å². The topological polar surface area (TPSA) is 71.5 Å². The minimum absolute atomic E-state index is 0.00517. The number of carbonyl (C=O) groups is 2. The Hall–Kier alpha value is -2.96. The summed E-state index contributed by atoms with van der Waals surface area (Å²) >= 11 is 0. The van der Waals surface area contributed by atoms with Crippen LogP contribution in [-0.4, -0.2) is 34.8 Å². The van der Waals surface area contributed by atoms with E-state index in [4.69, 9.17) is 4.74 Å². The molecule has 1 aliphatic rings. The lowest BCUT2D eigenvalue weighted by Gasteiger charge is -2.31. The van der Waals surface area contributed by atoms with Gasteiger partial charge in [0, 0.05) is 44.9 Å². The number of nitrogens with one attached hydrogen (secondary N) is 1. The van der Waals surface area contributed by atoms with Crippen molar-refractivity contribution in [2.45, 2.75) is 26.3 Å². The molecule has 1 saturated heterocycles. The summed E-state index contributed by atoms with van der Waals surface area (Å²) in [5.74, 6) is 0.117. The van der Waals surface area contributed by atoms with Crippen LogP contribution in [0.1, 0.15) is 25.3 Å². The van der Waals surface area contributed by atoms with Gasteiger partial charge >= 0.3 is 0 Å². The van der Waals surface area contributed by atoms with Crippen LogP contribution in [0.5, 0.6) is 11.6 Å².